The predicted molar refractivity (Wildman–Crippen MR) is 142 cm³/mol. The Hall–Kier alpha value is -2.14. The predicted octanol–water partition coefficient (Wildman–Crippen LogP) is 3.09. The summed E-state index contributed by atoms with van der Waals surface area (Å²) in [5.74, 6) is -1.51. The van der Waals surface area contributed by atoms with Gasteiger partial charge in [-0.15, -0.1) is 34.0 Å². The van der Waals surface area contributed by atoms with Crippen molar-refractivity contribution in [2.75, 3.05) is 54.4 Å². The minimum absolute atomic E-state index is 0. The lowest BCUT2D eigenvalue weighted by atomic mass is 9.86. The summed E-state index contributed by atoms with van der Waals surface area (Å²) in [5, 5.41) is 0.849. The van der Waals surface area contributed by atoms with E-state index in [1.807, 2.05) is 38.0 Å². The number of amides is 4. The molecule has 2 aromatic carbocycles. The maximum atomic E-state index is 13.2. The molecule has 4 amide bonds. The van der Waals surface area contributed by atoms with Crippen LogP contribution < -0.4 is 0 Å². The summed E-state index contributed by atoms with van der Waals surface area (Å²) >= 11 is 0. The number of carbonyl (C=O) groups excluding carboxylic acids is 4. The van der Waals surface area contributed by atoms with Crippen molar-refractivity contribution in [2.24, 2.45) is 0 Å². The van der Waals surface area contributed by atoms with Gasteiger partial charge in [0.2, 0.25) is 0 Å². The van der Waals surface area contributed by atoms with Crippen LogP contribution in [-0.4, -0.2) is 97.6 Å². The Balaban J connectivity index is 0.00000204. The fourth-order valence-electron chi connectivity index (χ4n) is 4.47. The van der Waals surface area contributed by atoms with E-state index in [0.717, 1.165) is 13.1 Å². The first kappa shape index (κ1) is 28.1. The third kappa shape index (κ3) is 4.82. The highest BCUT2D eigenvalue weighted by atomic mass is 79.9. The SMILES string of the molecule is Br.Br.CN(C)CCCN1C(=O)c2ccc3c4c(ccc(c24)C1=O)C(=O)N(CCCN(C)C)C3=O. The number of imide groups is 2. The summed E-state index contributed by atoms with van der Waals surface area (Å²) in [4.78, 5) is 59.2. The molecule has 8 nitrogen and oxygen atoms in total. The molecule has 0 N–H and O–H groups in total. The van der Waals surface area contributed by atoms with Gasteiger partial charge in [-0.05, 0) is 78.4 Å². The molecule has 0 fully saturated rings. The van der Waals surface area contributed by atoms with Crippen molar-refractivity contribution in [1.29, 1.82) is 0 Å². The van der Waals surface area contributed by atoms with Gasteiger partial charge in [0, 0.05) is 46.1 Å². The molecule has 184 valence electrons. The smallest absolute Gasteiger partial charge is 0.261 e. The Bertz CT molecular complexity index is 990. The van der Waals surface area contributed by atoms with Crippen LogP contribution in [0.1, 0.15) is 54.3 Å². The summed E-state index contributed by atoms with van der Waals surface area (Å²) in [5.41, 5.74) is 1.47. The van der Waals surface area contributed by atoms with Crippen molar-refractivity contribution in [3.63, 3.8) is 0 Å². The first-order valence-electron chi connectivity index (χ1n) is 10.8. The van der Waals surface area contributed by atoms with E-state index < -0.39 is 0 Å². The lowest BCUT2D eigenvalue weighted by Gasteiger charge is -2.32. The topological polar surface area (TPSA) is 81.2 Å². The molecule has 0 atom stereocenters. The van der Waals surface area contributed by atoms with Crippen LogP contribution in [0.15, 0.2) is 24.3 Å². The Kier molecular flexibility index (Phi) is 9.15. The molecule has 0 aliphatic carbocycles. The molecule has 0 spiro atoms. The molecule has 2 aromatic rings. The van der Waals surface area contributed by atoms with Crippen LogP contribution in [0.4, 0.5) is 0 Å². The van der Waals surface area contributed by atoms with Crippen LogP contribution in [0.2, 0.25) is 0 Å². The number of hydrogen-bond acceptors (Lipinski definition) is 6. The molecule has 0 radical (unpaired) electrons. The van der Waals surface area contributed by atoms with E-state index >= 15 is 0 Å². The van der Waals surface area contributed by atoms with E-state index in [-0.39, 0.29) is 57.6 Å². The maximum Gasteiger partial charge on any atom is 0.261 e. The number of nitrogens with zero attached hydrogens (tertiary/aromatic N) is 4. The Labute approximate surface area is 220 Å². The highest BCUT2D eigenvalue weighted by Gasteiger charge is 2.39. The summed E-state index contributed by atoms with van der Waals surface area (Å²) in [6.45, 7) is 2.14. The van der Waals surface area contributed by atoms with E-state index in [0.29, 0.717) is 59.0 Å². The van der Waals surface area contributed by atoms with E-state index in [1.165, 1.54) is 9.80 Å². The second-order valence-corrected chi connectivity index (χ2v) is 8.91. The van der Waals surface area contributed by atoms with Crippen molar-refractivity contribution in [3.8, 4) is 0 Å². The zero-order chi connectivity index (χ0) is 23.2. The van der Waals surface area contributed by atoms with E-state index in [2.05, 4.69) is 0 Å². The molecule has 0 saturated heterocycles. The Morgan fingerprint density at radius 1 is 0.559 bits per heavy atom. The lowest BCUT2D eigenvalue weighted by molar-refractivity contribution is 0.0584. The molecule has 2 aliphatic rings. The third-order valence-corrected chi connectivity index (χ3v) is 6.04. The van der Waals surface area contributed by atoms with Gasteiger partial charge < -0.3 is 9.80 Å². The van der Waals surface area contributed by atoms with Crippen molar-refractivity contribution in [3.05, 3.63) is 46.5 Å². The quantitative estimate of drug-likeness (QED) is 0.435. The van der Waals surface area contributed by atoms with E-state index in [4.69, 9.17) is 0 Å². The Morgan fingerprint density at radius 2 is 0.824 bits per heavy atom. The number of benzene rings is 2. The van der Waals surface area contributed by atoms with Crippen molar-refractivity contribution in [2.45, 2.75) is 12.8 Å². The van der Waals surface area contributed by atoms with Gasteiger partial charge in [0.25, 0.3) is 23.6 Å². The molecule has 2 aliphatic heterocycles. The minimum Gasteiger partial charge on any atom is -0.309 e. The number of rotatable bonds is 8. The van der Waals surface area contributed by atoms with Crippen LogP contribution in [0.3, 0.4) is 0 Å². The average molecular weight is 598 g/mol. The molecule has 0 aromatic heterocycles. The van der Waals surface area contributed by atoms with Gasteiger partial charge in [-0.3, -0.25) is 29.0 Å². The van der Waals surface area contributed by atoms with Gasteiger partial charge in [0.1, 0.15) is 0 Å². The fraction of sp³-hybridized carbons (Fsp3) is 0.417. The fourth-order valence-corrected chi connectivity index (χ4v) is 4.47. The van der Waals surface area contributed by atoms with Crippen molar-refractivity contribution in [1.82, 2.24) is 19.6 Å². The van der Waals surface area contributed by atoms with Gasteiger partial charge >= 0.3 is 0 Å². The lowest BCUT2D eigenvalue weighted by Crippen LogP contribution is -2.44. The van der Waals surface area contributed by atoms with Gasteiger partial charge in [0.15, 0.2) is 0 Å². The van der Waals surface area contributed by atoms with Crippen LogP contribution in [0.25, 0.3) is 10.8 Å². The molecule has 34 heavy (non-hydrogen) atoms. The van der Waals surface area contributed by atoms with Crippen LogP contribution >= 0.6 is 34.0 Å². The van der Waals surface area contributed by atoms with Crippen molar-refractivity contribution < 1.29 is 19.2 Å². The molecule has 10 heteroatoms. The van der Waals surface area contributed by atoms with Gasteiger partial charge in [-0.1, -0.05) is 0 Å². The molecule has 0 bridgehead atoms. The van der Waals surface area contributed by atoms with Crippen molar-refractivity contribution >= 4 is 68.4 Å². The second kappa shape index (κ2) is 11.1. The third-order valence-electron chi connectivity index (χ3n) is 6.04. The molecule has 0 unspecified atom stereocenters. The molecular formula is C24H30Br2N4O4. The highest BCUT2D eigenvalue weighted by molar-refractivity contribution is 8.93. The largest absolute Gasteiger partial charge is 0.309 e. The first-order chi connectivity index (χ1) is 15.2. The minimum atomic E-state index is -0.377. The molecule has 4 rings (SSSR count). The van der Waals surface area contributed by atoms with Crippen LogP contribution in [0, 0.1) is 0 Å². The Morgan fingerprint density at radius 3 is 1.06 bits per heavy atom. The van der Waals surface area contributed by atoms with Crippen LogP contribution in [0.5, 0.6) is 0 Å². The van der Waals surface area contributed by atoms with E-state index in [9.17, 15) is 19.2 Å². The normalized spacial score (nSPS) is 14.8. The summed E-state index contributed by atoms with van der Waals surface area (Å²) in [7, 11) is 7.76. The molecule has 0 saturated carbocycles. The van der Waals surface area contributed by atoms with E-state index in [1.54, 1.807) is 24.3 Å². The average Bonchev–Trinajstić information content (AvgIpc) is 2.74. The summed E-state index contributed by atoms with van der Waals surface area (Å²) in [6, 6.07) is 6.46. The zero-order valence-corrected chi connectivity index (χ0v) is 23.2. The molecule has 2 heterocycles. The summed E-state index contributed by atoms with van der Waals surface area (Å²) < 4.78 is 0. The molecular weight excluding hydrogens is 568 g/mol. The number of halogens is 2. The summed E-state index contributed by atoms with van der Waals surface area (Å²) in [6.07, 6.45) is 1.33. The van der Waals surface area contributed by atoms with Crippen LogP contribution in [-0.2, 0) is 0 Å². The van der Waals surface area contributed by atoms with Gasteiger partial charge in [0.05, 0.1) is 0 Å². The maximum absolute atomic E-state index is 13.2. The highest BCUT2D eigenvalue weighted by Crippen LogP contribution is 2.37. The first-order valence-corrected chi connectivity index (χ1v) is 10.8. The second-order valence-electron chi connectivity index (χ2n) is 8.91. The number of carbonyl (C=O) groups is 4. The van der Waals surface area contributed by atoms with Gasteiger partial charge in [-0.25, -0.2) is 0 Å². The zero-order valence-electron chi connectivity index (χ0n) is 19.8. The monoisotopic (exact) mass is 596 g/mol. The van der Waals surface area contributed by atoms with Gasteiger partial charge in [-0.2, -0.15) is 0 Å². The standard InChI is InChI=1S/C24H28N4O4.2BrH/c1-25(2)11-5-13-27-21(29)15-7-9-17-20-18(10-8-16(19(15)20)22(27)30)24(32)28(23(17)31)14-6-12-26(3)4;;/h7-10H,5-6,11-14H2,1-4H3;2*1H. The number of hydrogen-bond donors (Lipinski definition) is 0.